The second-order valence-corrected chi connectivity index (χ2v) is 2.39. The van der Waals surface area contributed by atoms with Crippen LogP contribution in [0.1, 0.15) is 11.5 Å². The zero-order chi connectivity index (χ0) is 9.26. The van der Waals surface area contributed by atoms with Gasteiger partial charge >= 0.3 is 5.89 Å². The van der Waals surface area contributed by atoms with Crippen molar-refractivity contribution in [3.63, 3.8) is 0 Å². The van der Waals surface area contributed by atoms with Crippen LogP contribution in [0.25, 0.3) is 11.1 Å². The zero-order valence-corrected chi connectivity index (χ0v) is 6.48. The monoisotopic (exact) mass is 169 g/mol. The third-order valence-electron chi connectivity index (χ3n) is 1.64. The largest absolute Gasteiger partial charge is 0.428 e. The van der Waals surface area contributed by atoms with E-state index in [9.17, 15) is 0 Å². The van der Waals surface area contributed by atoms with Gasteiger partial charge in [0.15, 0.2) is 11.7 Å². The van der Waals surface area contributed by atoms with Crippen molar-refractivity contribution in [2.45, 2.75) is 0 Å². The molecule has 4 nitrogen and oxygen atoms in total. The van der Waals surface area contributed by atoms with Gasteiger partial charge in [-0.3, -0.25) is 0 Å². The van der Waals surface area contributed by atoms with E-state index in [1.165, 1.54) is 0 Å². The van der Waals surface area contributed by atoms with E-state index in [4.69, 9.17) is 14.9 Å². The number of fused-ring (bicyclic) bond motifs is 1. The smallest absolute Gasteiger partial charge is 0.301 e. The molecule has 60 valence electrons. The Bertz CT molecular complexity index is 542. The van der Waals surface area contributed by atoms with Crippen molar-refractivity contribution in [1.82, 2.24) is 4.98 Å². The molecule has 0 bridgehead atoms. The standard InChI is InChI=1S/C9H3N3O/c10-4-6-2-1-3-7-9(6)12-8(5-11)13-7/h1-3H. The van der Waals surface area contributed by atoms with E-state index in [0.717, 1.165) is 0 Å². The summed E-state index contributed by atoms with van der Waals surface area (Å²) in [5, 5.41) is 17.2. The average Bonchev–Trinajstić information content (AvgIpc) is 2.59. The molecule has 4 heteroatoms. The van der Waals surface area contributed by atoms with Gasteiger partial charge in [-0.05, 0) is 12.1 Å². The van der Waals surface area contributed by atoms with E-state index in [0.29, 0.717) is 16.7 Å². The van der Waals surface area contributed by atoms with E-state index in [-0.39, 0.29) is 5.89 Å². The molecule has 0 unspecified atom stereocenters. The van der Waals surface area contributed by atoms with Gasteiger partial charge in [0.05, 0.1) is 5.56 Å². The van der Waals surface area contributed by atoms with Crippen molar-refractivity contribution >= 4 is 11.1 Å². The molecular formula is C9H3N3O. The lowest BCUT2D eigenvalue weighted by atomic mass is 10.2. The predicted octanol–water partition coefficient (Wildman–Crippen LogP) is 1.57. The van der Waals surface area contributed by atoms with Crippen LogP contribution in [0.4, 0.5) is 0 Å². The Morgan fingerprint density at radius 2 is 2.08 bits per heavy atom. The summed E-state index contributed by atoms with van der Waals surface area (Å²) in [5.74, 6) is -0.0160. The van der Waals surface area contributed by atoms with E-state index in [1.54, 1.807) is 24.3 Å². The van der Waals surface area contributed by atoms with Gasteiger partial charge in [0.2, 0.25) is 0 Å². The Morgan fingerprint density at radius 1 is 1.23 bits per heavy atom. The van der Waals surface area contributed by atoms with Gasteiger partial charge < -0.3 is 4.42 Å². The van der Waals surface area contributed by atoms with E-state index in [1.807, 2.05) is 6.07 Å². The highest BCUT2D eigenvalue weighted by molar-refractivity contribution is 5.79. The van der Waals surface area contributed by atoms with Gasteiger partial charge in [0, 0.05) is 0 Å². The number of oxazole rings is 1. The summed E-state index contributed by atoms with van der Waals surface area (Å²) in [6.45, 7) is 0. The first-order valence-corrected chi connectivity index (χ1v) is 3.55. The molecule has 1 heterocycles. The summed E-state index contributed by atoms with van der Waals surface area (Å²) in [7, 11) is 0. The third-order valence-corrected chi connectivity index (χ3v) is 1.64. The van der Waals surface area contributed by atoms with E-state index in [2.05, 4.69) is 4.98 Å². The fourth-order valence-corrected chi connectivity index (χ4v) is 1.09. The van der Waals surface area contributed by atoms with Gasteiger partial charge in [-0.25, -0.2) is 0 Å². The summed E-state index contributed by atoms with van der Waals surface area (Å²) in [4.78, 5) is 3.85. The number of benzene rings is 1. The van der Waals surface area contributed by atoms with Crippen LogP contribution in [0.2, 0.25) is 0 Å². The normalized spacial score (nSPS) is 9.38. The molecule has 1 aromatic carbocycles. The zero-order valence-electron chi connectivity index (χ0n) is 6.48. The van der Waals surface area contributed by atoms with Crippen LogP contribution >= 0.6 is 0 Å². The van der Waals surface area contributed by atoms with Crippen molar-refractivity contribution in [2.24, 2.45) is 0 Å². The van der Waals surface area contributed by atoms with Crippen molar-refractivity contribution in [1.29, 1.82) is 10.5 Å². The maximum Gasteiger partial charge on any atom is 0.301 e. The molecule has 0 amide bonds. The van der Waals surface area contributed by atoms with Crippen LogP contribution in [0.15, 0.2) is 22.6 Å². The van der Waals surface area contributed by atoms with Crippen molar-refractivity contribution in [2.75, 3.05) is 0 Å². The van der Waals surface area contributed by atoms with Gasteiger partial charge in [0.1, 0.15) is 11.6 Å². The van der Waals surface area contributed by atoms with Crippen LogP contribution in [-0.4, -0.2) is 4.98 Å². The first kappa shape index (κ1) is 7.33. The lowest BCUT2D eigenvalue weighted by Gasteiger charge is -1.86. The number of aromatic nitrogens is 1. The fourth-order valence-electron chi connectivity index (χ4n) is 1.09. The van der Waals surface area contributed by atoms with Gasteiger partial charge in [-0.1, -0.05) is 6.07 Å². The summed E-state index contributed by atoms with van der Waals surface area (Å²) in [6, 6.07) is 8.75. The quantitative estimate of drug-likeness (QED) is 0.599. The molecule has 2 aromatic rings. The van der Waals surface area contributed by atoms with E-state index >= 15 is 0 Å². The average molecular weight is 169 g/mol. The van der Waals surface area contributed by atoms with Crippen LogP contribution < -0.4 is 0 Å². The second-order valence-electron chi connectivity index (χ2n) is 2.39. The maximum absolute atomic E-state index is 8.70. The number of nitriles is 2. The molecule has 0 aliphatic rings. The fraction of sp³-hybridized carbons (Fsp3) is 0. The van der Waals surface area contributed by atoms with Crippen molar-refractivity contribution < 1.29 is 4.42 Å². The number of nitrogens with zero attached hydrogens (tertiary/aromatic N) is 3. The summed E-state index contributed by atoms with van der Waals surface area (Å²) >= 11 is 0. The highest BCUT2D eigenvalue weighted by atomic mass is 16.3. The molecular weight excluding hydrogens is 166 g/mol. The van der Waals surface area contributed by atoms with Crippen molar-refractivity contribution in [3.05, 3.63) is 29.7 Å². The molecule has 0 aliphatic carbocycles. The highest BCUT2D eigenvalue weighted by Crippen LogP contribution is 2.18. The van der Waals surface area contributed by atoms with Gasteiger partial charge in [-0.15, -0.1) is 0 Å². The Labute approximate surface area is 73.6 Å². The Balaban J connectivity index is 2.86. The van der Waals surface area contributed by atoms with Crippen LogP contribution in [0, 0.1) is 22.7 Å². The molecule has 0 aliphatic heterocycles. The number of para-hydroxylation sites is 1. The lowest BCUT2D eigenvalue weighted by molar-refractivity contribution is 0.584. The first-order valence-electron chi connectivity index (χ1n) is 3.55. The molecule has 0 atom stereocenters. The minimum Gasteiger partial charge on any atom is -0.428 e. The van der Waals surface area contributed by atoms with Crippen LogP contribution in [-0.2, 0) is 0 Å². The molecule has 0 fully saturated rings. The Morgan fingerprint density at radius 3 is 2.77 bits per heavy atom. The maximum atomic E-state index is 8.70. The topological polar surface area (TPSA) is 73.6 Å². The van der Waals surface area contributed by atoms with Gasteiger partial charge in [-0.2, -0.15) is 15.5 Å². The summed E-state index contributed by atoms with van der Waals surface area (Å²) in [6.07, 6.45) is 0. The lowest BCUT2D eigenvalue weighted by Crippen LogP contribution is -1.76. The molecule has 0 N–H and O–H groups in total. The molecule has 0 spiro atoms. The van der Waals surface area contributed by atoms with Crippen molar-refractivity contribution in [3.8, 4) is 12.1 Å². The molecule has 0 saturated carbocycles. The summed E-state index contributed by atoms with van der Waals surface area (Å²) in [5.41, 5.74) is 1.33. The first-order chi connectivity index (χ1) is 6.35. The minimum absolute atomic E-state index is 0.0160. The Hall–Kier alpha value is -2.33. The van der Waals surface area contributed by atoms with Gasteiger partial charge in [0.25, 0.3) is 0 Å². The second kappa shape index (κ2) is 2.62. The third kappa shape index (κ3) is 1.02. The minimum atomic E-state index is -0.0160. The van der Waals surface area contributed by atoms with Crippen LogP contribution in [0.5, 0.6) is 0 Å². The molecule has 1 aromatic heterocycles. The number of rotatable bonds is 0. The van der Waals surface area contributed by atoms with E-state index < -0.39 is 0 Å². The number of hydrogen-bond donors (Lipinski definition) is 0. The molecule has 0 saturated heterocycles. The number of hydrogen-bond acceptors (Lipinski definition) is 4. The van der Waals surface area contributed by atoms with Crippen LogP contribution in [0.3, 0.4) is 0 Å². The summed E-state index contributed by atoms with van der Waals surface area (Å²) < 4.78 is 5.04. The molecule has 0 radical (unpaired) electrons. The predicted molar refractivity (Wildman–Crippen MR) is 43.4 cm³/mol. The Kier molecular flexibility index (Phi) is 1.47. The molecule has 13 heavy (non-hydrogen) atoms. The SMILES string of the molecule is N#Cc1nc2c(C#N)cccc2o1. The molecule has 2 rings (SSSR count). The highest BCUT2D eigenvalue weighted by Gasteiger charge is 2.07.